The second-order valence-electron chi connectivity index (χ2n) is 10.7. The number of hydroxylamine groups is 2. The highest BCUT2D eigenvalue weighted by Crippen LogP contribution is 2.63. The lowest BCUT2D eigenvalue weighted by molar-refractivity contribution is -0.197. The molecule has 3 amide bonds. The molecule has 2 saturated heterocycles. The Labute approximate surface area is 208 Å². The van der Waals surface area contributed by atoms with Gasteiger partial charge in [0.05, 0.1) is 6.04 Å². The van der Waals surface area contributed by atoms with Crippen LogP contribution in [0.1, 0.15) is 63.0 Å². The fourth-order valence-electron chi connectivity index (χ4n) is 7.54. The maximum atomic E-state index is 12.3. The first kappa shape index (κ1) is 23.3. The molecule has 3 heterocycles. The maximum Gasteiger partial charge on any atom is 0.333 e. The van der Waals surface area contributed by atoms with Gasteiger partial charge in [0.1, 0.15) is 6.10 Å². The Hall–Kier alpha value is -3.14. The van der Waals surface area contributed by atoms with Crippen molar-refractivity contribution >= 4 is 23.7 Å². The molecule has 6 rings (SSSR count). The number of ether oxygens (including phenoxy) is 1. The van der Waals surface area contributed by atoms with Gasteiger partial charge in [0, 0.05) is 43.2 Å². The maximum absolute atomic E-state index is 12.3. The zero-order chi connectivity index (χ0) is 25.2. The van der Waals surface area contributed by atoms with Crippen LogP contribution in [0.4, 0.5) is 0 Å². The number of carbonyl (C=O) groups is 4. The van der Waals surface area contributed by atoms with E-state index in [0.717, 1.165) is 37.8 Å². The SMILES string of the molecule is CC(=O)N[C@H]1CCC2C3Cc4ccc(O)c5c4C2(CCN3CCCC(=O)ON2C(=O)CCC2=O)[C@H]1O5. The minimum atomic E-state index is -0.568. The number of nitrogens with one attached hydrogen (secondary N) is 1. The van der Waals surface area contributed by atoms with Gasteiger partial charge in [-0.3, -0.25) is 19.3 Å². The highest BCUT2D eigenvalue weighted by Gasteiger charge is 2.65. The number of aromatic hydroxyl groups is 1. The molecule has 3 aliphatic heterocycles. The molecule has 10 nitrogen and oxygen atoms in total. The second kappa shape index (κ2) is 8.47. The Balaban J connectivity index is 1.19. The van der Waals surface area contributed by atoms with Gasteiger partial charge in [0.2, 0.25) is 5.91 Å². The molecule has 1 aromatic carbocycles. The van der Waals surface area contributed by atoms with E-state index in [1.807, 2.05) is 6.07 Å². The van der Waals surface area contributed by atoms with Crippen molar-refractivity contribution in [2.75, 3.05) is 13.1 Å². The van der Waals surface area contributed by atoms with Crippen LogP contribution in [-0.2, 0) is 35.9 Å². The summed E-state index contributed by atoms with van der Waals surface area (Å²) in [6.07, 6.45) is 4.10. The van der Waals surface area contributed by atoms with Crippen LogP contribution in [0.5, 0.6) is 11.5 Å². The molecule has 5 aliphatic rings. The van der Waals surface area contributed by atoms with Gasteiger partial charge in [0.15, 0.2) is 11.5 Å². The Morgan fingerprint density at radius 2 is 2.00 bits per heavy atom. The Bertz CT molecular complexity index is 1140. The smallest absolute Gasteiger partial charge is 0.333 e. The lowest BCUT2D eigenvalue weighted by atomic mass is 9.51. The van der Waals surface area contributed by atoms with Crippen molar-refractivity contribution in [1.82, 2.24) is 15.3 Å². The van der Waals surface area contributed by atoms with Crippen LogP contribution in [0.15, 0.2) is 12.1 Å². The van der Waals surface area contributed by atoms with Crippen molar-refractivity contribution in [3.8, 4) is 11.5 Å². The molecule has 5 atom stereocenters. The average Bonchev–Trinajstić information content (AvgIpc) is 3.35. The number of hydrogen-bond acceptors (Lipinski definition) is 8. The highest BCUT2D eigenvalue weighted by molar-refractivity contribution is 6.01. The number of piperidine rings is 1. The summed E-state index contributed by atoms with van der Waals surface area (Å²) in [7, 11) is 0. The zero-order valence-corrected chi connectivity index (χ0v) is 20.3. The fraction of sp³-hybridized carbons (Fsp3) is 0.615. The first-order valence-corrected chi connectivity index (χ1v) is 12.9. The molecule has 3 unspecified atom stereocenters. The molecule has 1 aromatic rings. The minimum Gasteiger partial charge on any atom is -0.504 e. The number of hydrogen-bond donors (Lipinski definition) is 2. The number of likely N-dealkylation sites (tertiary alicyclic amines) is 1. The van der Waals surface area contributed by atoms with Gasteiger partial charge in [-0.1, -0.05) is 6.07 Å². The molecule has 10 heteroatoms. The van der Waals surface area contributed by atoms with E-state index in [1.165, 1.54) is 12.5 Å². The summed E-state index contributed by atoms with van der Waals surface area (Å²) in [5, 5.41) is 14.3. The van der Waals surface area contributed by atoms with E-state index in [9.17, 15) is 24.3 Å². The van der Waals surface area contributed by atoms with Gasteiger partial charge in [-0.2, -0.15) is 0 Å². The number of amides is 3. The standard InChI is InChI=1S/C26H31N3O7/c1-14(30)27-17-6-5-16-18-13-15-4-7-19(31)24-23(15)26(16,25(17)35-24)10-12-28(18)11-2-3-22(34)36-29-20(32)8-9-21(29)33/h4,7,16-18,25,31H,2-3,5-6,8-13H2,1H3,(H,27,30)/t16?,17-,18?,25-,26?/m0/s1. The number of nitrogens with zero attached hydrogens (tertiary/aromatic N) is 2. The molecule has 2 N–H and O–H groups in total. The Morgan fingerprint density at radius 1 is 1.22 bits per heavy atom. The molecular weight excluding hydrogens is 466 g/mol. The van der Waals surface area contributed by atoms with E-state index in [4.69, 9.17) is 9.57 Å². The van der Waals surface area contributed by atoms with E-state index in [0.29, 0.717) is 29.7 Å². The molecule has 3 fully saturated rings. The second-order valence-corrected chi connectivity index (χ2v) is 10.7. The van der Waals surface area contributed by atoms with Crippen LogP contribution in [-0.4, -0.2) is 70.0 Å². The first-order valence-electron chi connectivity index (χ1n) is 12.9. The van der Waals surface area contributed by atoms with Crippen LogP contribution in [0, 0.1) is 5.92 Å². The number of imide groups is 1. The van der Waals surface area contributed by atoms with Crippen molar-refractivity contribution < 1.29 is 33.9 Å². The molecule has 2 aliphatic carbocycles. The molecule has 36 heavy (non-hydrogen) atoms. The molecule has 1 spiro atoms. The van der Waals surface area contributed by atoms with Crippen molar-refractivity contribution in [3.05, 3.63) is 23.3 Å². The minimum absolute atomic E-state index is 0.0761. The molecule has 1 saturated carbocycles. The van der Waals surface area contributed by atoms with Gasteiger partial charge in [-0.25, -0.2) is 4.79 Å². The monoisotopic (exact) mass is 497 g/mol. The fourth-order valence-corrected chi connectivity index (χ4v) is 7.54. The van der Waals surface area contributed by atoms with Crippen LogP contribution in [0.25, 0.3) is 0 Å². The van der Waals surface area contributed by atoms with Crippen molar-refractivity contribution in [3.63, 3.8) is 0 Å². The molecule has 0 aromatic heterocycles. The molecule has 2 bridgehead atoms. The van der Waals surface area contributed by atoms with E-state index in [1.54, 1.807) is 6.07 Å². The van der Waals surface area contributed by atoms with Crippen LogP contribution in [0.2, 0.25) is 0 Å². The molecule has 192 valence electrons. The summed E-state index contributed by atoms with van der Waals surface area (Å²) in [5.74, 6) is -0.515. The Morgan fingerprint density at radius 3 is 2.75 bits per heavy atom. The lowest BCUT2D eigenvalue weighted by Crippen LogP contribution is -2.68. The summed E-state index contributed by atoms with van der Waals surface area (Å²) < 4.78 is 6.45. The average molecular weight is 498 g/mol. The predicted octanol–water partition coefficient (Wildman–Crippen LogP) is 1.32. The van der Waals surface area contributed by atoms with Gasteiger partial charge in [-0.15, -0.1) is 5.06 Å². The van der Waals surface area contributed by atoms with Crippen molar-refractivity contribution in [2.45, 2.75) is 81.9 Å². The van der Waals surface area contributed by atoms with E-state index >= 15 is 0 Å². The summed E-state index contributed by atoms with van der Waals surface area (Å²) >= 11 is 0. The summed E-state index contributed by atoms with van der Waals surface area (Å²) in [6, 6.07) is 3.86. The van der Waals surface area contributed by atoms with Crippen LogP contribution >= 0.6 is 0 Å². The van der Waals surface area contributed by atoms with Gasteiger partial charge >= 0.3 is 5.97 Å². The number of carbonyl (C=O) groups excluding carboxylic acids is 4. The highest BCUT2D eigenvalue weighted by atomic mass is 16.7. The molecule has 0 radical (unpaired) electrons. The van der Waals surface area contributed by atoms with Gasteiger partial charge in [-0.05, 0) is 62.7 Å². The largest absolute Gasteiger partial charge is 0.504 e. The van der Waals surface area contributed by atoms with Crippen LogP contribution in [0.3, 0.4) is 0 Å². The van der Waals surface area contributed by atoms with Gasteiger partial charge < -0.3 is 20.0 Å². The third-order valence-corrected chi connectivity index (χ3v) is 8.85. The summed E-state index contributed by atoms with van der Waals surface area (Å²) in [4.78, 5) is 55.1. The van der Waals surface area contributed by atoms with E-state index < -0.39 is 17.8 Å². The number of benzene rings is 1. The Kier molecular flexibility index (Phi) is 5.47. The van der Waals surface area contributed by atoms with Crippen LogP contribution < -0.4 is 10.1 Å². The predicted molar refractivity (Wildman–Crippen MR) is 125 cm³/mol. The zero-order valence-electron chi connectivity index (χ0n) is 20.3. The van der Waals surface area contributed by atoms with E-state index in [2.05, 4.69) is 10.2 Å². The third kappa shape index (κ3) is 3.41. The summed E-state index contributed by atoms with van der Waals surface area (Å²) in [5.41, 5.74) is 2.07. The summed E-state index contributed by atoms with van der Waals surface area (Å²) in [6.45, 7) is 3.05. The number of phenolic OH excluding ortho intramolecular Hbond substituents is 1. The topological polar surface area (TPSA) is 125 Å². The third-order valence-electron chi connectivity index (χ3n) is 8.85. The lowest BCUT2D eigenvalue weighted by Gasteiger charge is -2.59. The first-order chi connectivity index (χ1) is 17.3. The van der Waals surface area contributed by atoms with E-state index in [-0.39, 0.29) is 54.5 Å². The quantitative estimate of drug-likeness (QED) is 0.564. The van der Waals surface area contributed by atoms with Crippen molar-refractivity contribution in [2.24, 2.45) is 5.92 Å². The molecular formula is C26H31N3O7. The normalized spacial score (nSPS) is 32.2. The number of phenols is 1. The van der Waals surface area contributed by atoms with Crippen molar-refractivity contribution in [1.29, 1.82) is 0 Å². The van der Waals surface area contributed by atoms with Gasteiger partial charge in [0.25, 0.3) is 11.8 Å². The number of rotatable bonds is 6.